The van der Waals surface area contributed by atoms with Crippen molar-refractivity contribution in [2.45, 2.75) is 13.0 Å². The van der Waals surface area contributed by atoms with Crippen LogP contribution >= 0.6 is 0 Å². The Balaban J connectivity index is 1.81. The Hall–Kier alpha value is -3.19. The van der Waals surface area contributed by atoms with Crippen LogP contribution in [0, 0.1) is 0 Å². The highest BCUT2D eigenvalue weighted by molar-refractivity contribution is 5.68. The maximum Gasteiger partial charge on any atom is 0.573 e. The van der Waals surface area contributed by atoms with Crippen molar-refractivity contribution in [1.29, 1.82) is 0 Å². The fourth-order valence-electron chi connectivity index (χ4n) is 2.68. The zero-order valence-corrected chi connectivity index (χ0v) is 15.5. The fourth-order valence-corrected chi connectivity index (χ4v) is 2.68. The molecule has 0 radical (unpaired) electrons. The number of alkyl halides is 3. The number of hydrogen-bond donors (Lipinski definition) is 1. The van der Waals surface area contributed by atoms with E-state index in [0.717, 1.165) is 11.1 Å². The monoisotopic (exact) mass is 403 g/mol. The van der Waals surface area contributed by atoms with Gasteiger partial charge in [0.2, 0.25) is 0 Å². The number of benzene rings is 3. The SMILES string of the molecule is NCCOc1cc(-c2cccc(OCc3ccccc3)c2)ccc1OC(F)(F)F. The minimum atomic E-state index is -4.81. The molecule has 4 nitrogen and oxygen atoms in total. The average molecular weight is 403 g/mol. The summed E-state index contributed by atoms with van der Waals surface area (Å²) in [6, 6.07) is 21.3. The first-order valence-electron chi connectivity index (χ1n) is 8.94. The van der Waals surface area contributed by atoms with E-state index in [4.69, 9.17) is 15.2 Å². The van der Waals surface area contributed by atoms with E-state index in [-0.39, 0.29) is 18.9 Å². The summed E-state index contributed by atoms with van der Waals surface area (Å²) in [5.74, 6) is 0.207. The predicted octanol–water partition coefficient (Wildman–Crippen LogP) is 5.17. The van der Waals surface area contributed by atoms with E-state index >= 15 is 0 Å². The van der Waals surface area contributed by atoms with Gasteiger partial charge in [0.15, 0.2) is 11.5 Å². The molecule has 0 fully saturated rings. The van der Waals surface area contributed by atoms with Crippen LogP contribution in [0.2, 0.25) is 0 Å². The van der Waals surface area contributed by atoms with Crippen molar-refractivity contribution >= 4 is 0 Å². The third-order valence-electron chi connectivity index (χ3n) is 3.96. The van der Waals surface area contributed by atoms with Crippen LogP contribution in [0.1, 0.15) is 5.56 Å². The molecule has 3 aromatic carbocycles. The van der Waals surface area contributed by atoms with Crippen molar-refractivity contribution in [2.24, 2.45) is 5.73 Å². The normalized spacial score (nSPS) is 11.2. The summed E-state index contributed by atoms with van der Waals surface area (Å²) in [5, 5.41) is 0. The second-order valence-corrected chi connectivity index (χ2v) is 6.15. The molecule has 0 aliphatic rings. The predicted molar refractivity (Wildman–Crippen MR) is 104 cm³/mol. The van der Waals surface area contributed by atoms with Crippen molar-refractivity contribution < 1.29 is 27.4 Å². The molecule has 0 aliphatic carbocycles. The Labute approximate surface area is 166 Å². The van der Waals surface area contributed by atoms with Crippen LogP contribution < -0.4 is 19.9 Å². The second-order valence-electron chi connectivity index (χ2n) is 6.15. The molecule has 0 aromatic heterocycles. The molecule has 0 amide bonds. The lowest BCUT2D eigenvalue weighted by Crippen LogP contribution is -2.18. The van der Waals surface area contributed by atoms with E-state index in [0.29, 0.717) is 17.9 Å². The van der Waals surface area contributed by atoms with Gasteiger partial charge in [0.1, 0.15) is 19.0 Å². The topological polar surface area (TPSA) is 53.7 Å². The summed E-state index contributed by atoms with van der Waals surface area (Å²) >= 11 is 0. The van der Waals surface area contributed by atoms with Gasteiger partial charge in [0.05, 0.1) is 0 Å². The van der Waals surface area contributed by atoms with Crippen LogP contribution in [-0.4, -0.2) is 19.5 Å². The molecule has 0 unspecified atom stereocenters. The van der Waals surface area contributed by atoms with Crippen molar-refractivity contribution in [3.05, 3.63) is 78.4 Å². The molecule has 3 rings (SSSR count). The molecule has 3 aromatic rings. The third-order valence-corrected chi connectivity index (χ3v) is 3.96. The average Bonchev–Trinajstić information content (AvgIpc) is 2.71. The molecule has 0 saturated carbocycles. The highest BCUT2D eigenvalue weighted by Gasteiger charge is 2.32. The number of nitrogens with two attached hydrogens (primary N) is 1. The Kier molecular flexibility index (Phi) is 6.61. The van der Waals surface area contributed by atoms with Crippen LogP contribution in [-0.2, 0) is 6.61 Å². The number of hydrogen-bond acceptors (Lipinski definition) is 4. The van der Waals surface area contributed by atoms with Gasteiger partial charge in [-0.3, -0.25) is 0 Å². The zero-order chi connectivity index (χ0) is 20.7. The number of halogens is 3. The summed E-state index contributed by atoms with van der Waals surface area (Å²) in [4.78, 5) is 0. The van der Waals surface area contributed by atoms with E-state index < -0.39 is 12.1 Å². The molecule has 0 bridgehead atoms. The van der Waals surface area contributed by atoms with Crippen LogP contribution in [0.15, 0.2) is 72.8 Å². The van der Waals surface area contributed by atoms with Gasteiger partial charge >= 0.3 is 6.36 Å². The van der Waals surface area contributed by atoms with E-state index in [9.17, 15) is 13.2 Å². The quantitative estimate of drug-likeness (QED) is 0.564. The minimum Gasteiger partial charge on any atom is -0.489 e. The second kappa shape index (κ2) is 9.34. The van der Waals surface area contributed by atoms with E-state index in [2.05, 4.69) is 4.74 Å². The highest BCUT2D eigenvalue weighted by atomic mass is 19.4. The summed E-state index contributed by atoms with van der Waals surface area (Å²) in [7, 11) is 0. The Morgan fingerprint density at radius 2 is 1.52 bits per heavy atom. The van der Waals surface area contributed by atoms with E-state index in [1.54, 1.807) is 0 Å². The van der Waals surface area contributed by atoms with Crippen molar-refractivity contribution in [2.75, 3.05) is 13.2 Å². The maximum absolute atomic E-state index is 12.6. The third kappa shape index (κ3) is 6.15. The number of rotatable bonds is 8. The summed E-state index contributed by atoms with van der Waals surface area (Å²) in [5.41, 5.74) is 7.86. The molecule has 0 aliphatic heterocycles. The summed E-state index contributed by atoms with van der Waals surface area (Å²) in [6.07, 6.45) is -4.81. The van der Waals surface area contributed by atoms with Gasteiger partial charge in [-0.1, -0.05) is 48.5 Å². The van der Waals surface area contributed by atoms with Gasteiger partial charge in [-0.2, -0.15) is 0 Å². The van der Waals surface area contributed by atoms with E-state index in [1.165, 1.54) is 18.2 Å². The van der Waals surface area contributed by atoms with Gasteiger partial charge in [-0.05, 0) is 41.0 Å². The van der Waals surface area contributed by atoms with E-state index in [1.807, 2.05) is 54.6 Å². The first-order chi connectivity index (χ1) is 13.9. The zero-order valence-electron chi connectivity index (χ0n) is 15.5. The number of ether oxygens (including phenoxy) is 3. The van der Waals surface area contributed by atoms with Crippen LogP contribution in [0.25, 0.3) is 11.1 Å². The Morgan fingerprint density at radius 3 is 2.24 bits per heavy atom. The maximum atomic E-state index is 12.6. The minimum absolute atomic E-state index is 0.0270. The Morgan fingerprint density at radius 1 is 0.759 bits per heavy atom. The van der Waals surface area contributed by atoms with Crippen molar-refractivity contribution in [1.82, 2.24) is 0 Å². The van der Waals surface area contributed by atoms with Gasteiger partial charge in [-0.25, -0.2) is 0 Å². The smallest absolute Gasteiger partial charge is 0.489 e. The van der Waals surface area contributed by atoms with Gasteiger partial charge in [0.25, 0.3) is 0 Å². The molecule has 0 atom stereocenters. The van der Waals surface area contributed by atoms with Crippen molar-refractivity contribution in [3.8, 4) is 28.4 Å². The molecule has 152 valence electrons. The van der Waals surface area contributed by atoms with Crippen molar-refractivity contribution in [3.63, 3.8) is 0 Å². The van der Waals surface area contributed by atoms with Gasteiger partial charge in [-0.15, -0.1) is 13.2 Å². The van der Waals surface area contributed by atoms with Gasteiger partial charge < -0.3 is 19.9 Å². The largest absolute Gasteiger partial charge is 0.573 e. The molecule has 0 heterocycles. The lowest BCUT2D eigenvalue weighted by molar-refractivity contribution is -0.275. The molecular weight excluding hydrogens is 383 g/mol. The Bertz CT molecular complexity index is 930. The molecule has 2 N–H and O–H groups in total. The fraction of sp³-hybridized carbons (Fsp3) is 0.182. The standard InChI is InChI=1S/C22H20F3NO3/c23-22(24,25)29-20-10-9-18(14-21(20)27-12-11-26)17-7-4-8-19(13-17)28-15-16-5-2-1-3-6-16/h1-10,13-14H,11-12,15,26H2. The first-order valence-corrected chi connectivity index (χ1v) is 8.94. The summed E-state index contributed by atoms with van der Waals surface area (Å²) in [6.45, 7) is 0.643. The lowest BCUT2D eigenvalue weighted by Gasteiger charge is -2.15. The molecule has 29 heavy (non-hydrogen) atoms. The first kappa shape index (κ1) is 20.5. The molecule has 7 heteroatoms. The van der Waals surface area contributed by atoms with Crippen LogP contribution in [0.3, 0.4) is 0 Å². The molecule has 0 spiro atoms. The summed E-state index contributed by atoms with van der Waals surface area (Å²) < 4.78 is 53.1. The molecular formula is C22H20F3NO3. The highest BCUT2D eigenvalue weighted by Crippen LogP contribution is 2.36. The molecule has 0 saturated heterocycles. The van der Waals surface area contributed by atoms with Crippen LogP contribution in [0.5, 0.6) is 17.2 Å². The van der Waals surface area contributed by atoms with Crippen LogP contribution in [0.4, 0.5) is 13.2 Å². The van der Waals surface area contributed by atoms with Gasteiger partial charge in [0, 0.05) is 6.54 Å². The lowest BCUT2D eigenvalue weighted by atomic mass is 10.0.